The fourth-order valence-corrected chi connectivity index (χ4v) is 1.81. The molecule has 1 fully saturated rings. The van der Waals surface area contributed by atoms with Crippen LogP contribution in [0.15, 0.2) is 24.3 Å². The van der Waals surface area contributed by atoms with Gasteiger partial charge in [0.1, 0.15) is 0 Å². The molecule has 1 aromatic carbocycles. The van der Waals surface area contributed by atoms with E-state index in [1.807, 2.05) is 0 Å². The normalized spacial score (nSPS) is 15.8. The lowest BCUT2D eigenvalue weighted by Gasteiger charge is -2.08. The molecular formula is C12H18N2. The van der Waals surface area contributed by atoms with Crippen LogP contribution in [0.5, 0.6) is 0 Å². The highest BCUT2D eigenvalue weighted by atomic mass is 14.9. The fourth-order valence-electron chi connectivity index (χ4n) is 1.81. The van der Waals surface area contributed by atoms with Crippen molar-refractivity contribution in [3.63, 3.8) is 0 Å². The van der Waals surface area contributed by atoms with Crippen LogP contribution in [0, 0.1) is 0 Å². The third-order valence-corrected chi connectivity index (χ3v) is 2.71. The molecule has 76 valence electrons. The molecule has 0 unspecified atom stereocenters. The zero-order valence-corrected chi connectivity index (χ0v) is 8.50. The first-order valence-electron chi connectivity index (χ1n) is 5.40. The molecule has 2 rings (SSSR count). The maximum atomic E-state index is 5.44. The van der Waals surface area contributed by atoms with Crippen LogP contribution in [0.2, 0.25) is 0 Å². The van der Waals surface area contributed by atoms with E-state index in [9.17, 15) is 0 Å². The minimum absolute atomic E-state index is 0.714. The first kappa shape index (κ1) is 9.69. The third kappa shape index (κ3) is 2.34. The lowest BCUT2D eigenvalue weighted by Crippen LogP contribution is -2.22. The summed E-state index contributed by atoms with van der Waals surface area (Å²) in [5.74, 6) is 0.839. The molecule has 14 heavy (non-hydrogen) atoms. The van der Waals surface area contributed by atoms with Gasteiger partial charge in [-0.1, -0.05) is 24.3 Å². The summed E-state index contributed by atoms with van der Waals surface area (Å²) in [5, 5.41) is 3.35. The van der Waals surface area contributed by atoms with Gasteiger partial charge in [-0.05, 0) is 29.9 Å². The molecule has 2 nitrogen and oxygen atoms in total. The predicted molar refractivity (Wildman–Crippen MR) is 59.2 cm³/mol. The maximum absolute atomic E-state index is 5.44. The number of hydrogen-bond acceptors (Lipinski definition) is 2. The van der Waals surface area contributed by atoms with Crippen LogP contribution in [0.1, 0.15) is 29.9 Å². The average molecular weight is 190 g/mol. The number of benzene rings is 1. The van der Waals surface area contributed by atoms with E-state index in [1.54, 1.807) is 0 Å². The minimum atomic E-state index is 0.714. The van der Waals surface area contributed by atoms with Gasteiger partial charge in [-0.2, -0.15) is 0 Å². The first-order valence-corrected chi connectivity index (χ1v) is 5.40. The Labute approximate surface area is 85.5 Å². The van der Waals surface area contributed by atoms with Gasteiger partial charge in [0.15, 0.2) is 0 Å². The quantitative estimate of drug-likeness (QED) is 0.692. The zero-order chi connectivity index (χ0) is 9.80. The minimum Gasteiger partial charge on any atom is -0.329 e. The Hall–Kier alpha value is -0.860. The van der Waals surface area contributed by atoms with Crippen molar-refractivity contribution in [2.45, 2.75) is 25.3 Å². The van der Waals surface area contributed by atoms with E-state index in [0.29, 0.717) is 6.54 Å². The number of rotatable bonds is 5. The average Bonchev–Trinajstić information content (AvgIpc) is 3.03. The molecule has 0 aliphatic heterocycles. The number of nitrogens with two attached hydrogens (primary N) is 1. The summed E-state index contributed by atoms with van der Waals surface area (Å²) in [4.78, 5) is 0. The molecule has 1 aliphatic carbocycles. The summed E-state index contributed by atoms with van der Waals surface area (Å²) in [6.45, 7) is 2.58. The van der Waals surface area contributed by atoms with Crippen LogP contribution < -0.4 is 11.1 Å². The van der Waals surface area contributed by atoms with Gasteiger partial charge in [0.05, 0.1) is 0 Å². The van der Waals surface area contributed by atoms with Gasteiger partial charge in [-0.3, -0.25) is 0 Å². The van der Waals surface area contributed by atoms with Gasteiger partial charge >= 0.3 is 0 Å². The molecule has 1 aliphatic rings. The van der Waals surface area contributed by atoms with Crippen molar-refractivity contribution in [3.8, 4) is 0 Å². The second kappa shape index (κ2) is 4.58. The highest BCUT2D eigenvalue weighted by molar-refractivity contribution is 5.33. The summed E-state index contributed by atoms with van der Waals surface area (Å²) in [6.07, 6.45) is 2.74. The van der Waals surface area contributed by atoms with E-state index in [0.717, 1.165) is 19.0 Å². The molecule has 0 bridgehead atoms. The highest BCUT2D eigenvalue weighted by Gasteiger charge is 2.25. The predicted octanol–water partition coefficient (Wildman–Crippen LogP) is 1.61. The van der Waals surface area contributed by atoms with E-state index in [-0.39, 0.29) is 0 Å². The van der Waals surface area contributed by atoms with Crippen LogP contribution in [0.4, 0.5) is 0 Å². The zero-order valence-electron chi connectivity index (χ0n) is 8.50. The van der Waals surface area contributed by atoms with Gasteiger partial charge in [0.25, 0.3) is 0 Å². The third-order valence-electron chi connectivity index (χ3n) is 2.71. The molecule has 0 saturated heterocycles. The van der Waals surface area contributed by atoms with Gasteiger partial charge in [0.2, 0.25) is 0 Å². The molecule has 0 aromatic heterocycles. The van der Waals surface area contributed by atoms with Crippen LogP contribution in [0.25, 0.3) is 0 Å². The van der Waals surface area contributed by atoms with Gasteiger partial charge in [-0.25, -0.2) is 0 Å². The summed E-state index contributed by atoms with van der Waals surface area (Å²) in [5.41, 5.74) is 8.43. The van der Waals surface area contributed by atoms with Crippen molar-refractivity contribution in [2.75, 3.05) is 13.1 Å². The van der Waals surface area contributed by atoms with Crippen LogP contribution in [-0.4, -0.2) is 13.1 Å². The van der Waals surface area contributed by atoms with Crippen molar-refractivity contribution < 1.29 is 0 Å². The van der Waals surface area contributed by atoms with Crippen molar-refractivity contribution in [1.82, 2.24) is 5.32 Å². The highest BCUT2D eigenvalue weighted by Crippen LogP contribution is 2.41. The Morgan fingerprint density at radius 1 is 1.29 bits per heavy atom. The molecule has 0 atom stereocenters. The number of hydrogen-bond donors (Lipinski definition) is 2. The lowest BCUT2D eigenvalue weighted by molar-refractivity contribution is 0.690. The van der Waals surface area contributed by atoms with E-state index < -0.39 is 0 Å². The molecule has 2 heteroatoms. The molecule has 1 saturated carbocycles. The topological polar surface area (TPSA) is 38.0 Å². The molecule has 0 spiro atoms. The monoisotopic (exact) mass is 190 g/mol. The van der Waals surface area contributed by atoms with Gasteiger partial charge in [0, 0.05) is 19.6 Å². The van der Waals surface area contributed by atoms with Crippen molar-refractivity contribution in [3.05, 3.63) is 35.4 Å². The second-order valence-electron chi connectivity index (χ2n) is 3.94. The fraction of sp³-hybridized carbons (Fsp3) is 0.500. The van der Waals surface area contributed by atoms with Crippen LogP contribution in [-0.2, 0) is 6.54 Å². The summed E-state index contributed by atoms with van der Waals surface area (Å²) < 4.78 is 0. The molecule has 1 aromatic rings. The first-order chi connectivity index (χ1) is 6.92. The van der Waals surface area contributed by atoms with E-state index in [4.69, 9.17) is 5.73 Å². The molecule has 0 amide bonds. The van der Waals surface area contributed by atoms with E-state index in [2.05, 4.69) is 29.6 Å². The summed E-state index contributed by atoms with van der Waals surface area (Å²) in [7, 11) is 0. The Balaban J connectivity index is 2.00. The maximum Gasteiger partial charge on any atom is 0.0208 e. The summed E-state index contributed by atoms with van der Waals surface area (Å²) >= 11 is 0. The standard InChI is InChI=1S/C12H18N2/c13-7-8-14-9-11-3-1-2-4-12(11)10-5-6-10/h1-4,10,14H,5-9,13H2. The number of nitrogens with one attached hydrogen (secondary N) is 1. The molecule has 0 heterocycles. The van der Waals surface area contributed by atoms with Crippen molar-refractivity contribution in [2.24, 2.45) is 5.73 Å². The lowest BCUT2D eigenvalue weighted by atomic mass is 10.0. The van der Waals surface area contributed by atoms with Crippen molar-refractivity contribution in [1.29, 1.82) is 0 Å². The van der Waals surface area contributed by atoms with E-state index in [1.165, 1.54) is 24.0 Å². The smallest absolute Gasteiger partial charge is 0.0208 e. The van der Waals surface area contributed by atoms with Gasteiger partial charge < -0.3 is 11.1 Å². The van der Waals surface area contributed by atoms with E-state index >= 15 is 0 Å². The Bertz CT molecular complexity index is 292. The van der Waals surface area contributed by atoms with Gasteiger partial charge in [-0.15, -0.1) is 0 Å². The second-order valence-corrected chi connectivity index (χ2v) is 3.94. The Morgan fingerprint density at radius 2 is 2.07 bits per heavy atom. The summed E-state index contributed by atoms with van der Waals surface area (Å²) in [6, 6.07) is 8.74. The Morgan fingerprint density at radius 3 is 2.79 bits per heavy atom. The molecule has 0 radical (unpaired) electrons. The van der Waals surface area contributed by atoms with Crippen LogP contribution >= 0.6 is 0 Å². The van der Waals surface area contributed by atoms with Crippen LogP contribution in [0.3, 0.4) is 0 Å². The van der Waals surface area contributed by atoms with Crippen molar-refractivity contribution >= 4 is 0 Å². The largest absolute Gasteiger partial charge is 0.329 e. The molecular weight excluding hydrogens is 172 g/mol. The SMILES string of the molecule is NCCNCc1ccccc1C1CC1. The molecule has 3 N–H and O–H groups in total. The Kier molecular flexibility index (Phi) is 3.17.